The fraction of sp³-hybridized carbons (Fsp3) is 0.0667. The molecule has 0 aliphatic rings. The van der Waals surface area contributed by atoms with Crippen molar-refractivity contribution in [3.8, 4) is 5.75 Å². The number of nitrogens with one attached hydrogen (secondary N) is 1. The second kappa shape index (κ2) is 7.25. The Kier molecular flexibility index (Phi) is 5.11. The monoisotopic (exact) mass is 303 g/mol. The summed E-state index contributed by atoms with van der Waals surface area (Å²) in [5.41, 5.74) is 0.610. The maximum Gasteiger partial charge on any atom is 0.341 e. The molecule has 0 saturated heterocycles. The van der Waals surface area contributed by atoms with Crippen molar-refractivity contribution in [2.45, 2.75) is 0 Å². The predicted octanol–water partition coefficient (Wildman–Crippen LogP) is 2.86. The molecule has 2 N–H and O–H groups in total. The fourth-order valence-corrected chi connectivity index (χ4v) is 2.13. The van der Waals surface area contributed by atoms with Crippen molar-refractivity contribution in [2.75, 3.05) is 11.9 Å². The van der Waals surface area contributed by atoms with Crippen molar-refractivity contribution in [2.24, 2.45) is 0 Å². The van der Waals surface area contributed by atoms with Gasteiger partial charge in [-0.2, -0.15) is 0 Å². The van der Waals surface area contributed by atoms with Gasteiger partial charge in [-0.25, -0.2) is 4.79 Å². The highest BCUT2D eigenvalue weighted by Crippen LogP contribution is 2.16. The molecule has 1 aromatic carbocycles. The Morgan fingerprint density at radius 2 is 2.00 bits per heavy atom. The second-order valence-corrected chi connectivity index (χ2v) is 5.02. The highest BCUT2D eigenvalue weighted by molar-refractivity contribution is 7.10. The number of rotatable bonds is 6. The lowest BCUT2D eigenvalue weighted by atomic mass is 10.3. The maximum absolute atomic E-state index is 11.7. The van der Waals surface area contributed by atoms with Crippen LogP contribution in [0.3, 0.4) is 0 Å². The first kappa shape index (κ1) is 14.8. The molecule has 108 valence electrons. The first-order valence-electron chi connectivity index (χ1n) is 6.11. The van der Waals surface area contributed by atoms with Crippen LogP contribution >= 0.6 is 11.3 Å². The Hall–Kier alpha value is -2.60. The summed E-state index contributed by atoms with van der Waals surface area (Å²) in [6.45, 7) is -0.394. The van der Waals surface area contributed by atoms with E-state index < -0.39 is 12.6 Å². The van der Waals surface area contributed by atoms with Crippen LogP contribution in [0.15, 0.2) is 47.9 Å². The lowest BCUT2D eigenvalue weighted by Gasteiger charge is -2.05. The van der Waals surface area contributed by atoms with Crippen LogP contribution in [-0.2, 0) is 9.59 Å². The quantitative estimate of drug-likeness (QED) is 0.805. The van der Waals surface area contributed by atoms with E-state index in [0.29, 0.717) is 11.4 Å². The minimum absolute atomic E-state index is 0.234. The van der Waals surface area contributed by atoms with E-state index in [2.05, 4.69) is 5.32 Å². The molecule has 21 heavy (non-hydrogen) atoms. The van der Waals surface area contributed by atoms with Crippen LogP contribution in [-0.4, -0.2) is 23.6 Å². The first-order valence-corrected chi connectivity index (χ1v) is 6.99. The van der Waals surface area contributed by atoms with E-state index in [-0.39, 0.29) is 5.91 Å². The van der Waals surface area contributed by atoms with Gasteiger partial charge in [-0.15, -0.1) is 11.3 Å². The molecule has 1 aromatic heterocycles. The summed E-state index contributed by atoms with van der Waals surface area (Å²) in [5.74, 6) is -0.835. The van der Waals surface area contributed by atoms with Crippen molar-refractivity contribution in [3.63, 3.8) is 0 Å². The molecule has 2 rings (SSSR count). The molecule has 0 bridgehead atoms. The number of ether oxygens (including phenoxy) is 1. The number of benzene rings is 1. The molecule has 0 radical (unpaired) electrons. The topological polar surface area (TPSA) is 75.6 Å². The molecule has 0 atom stereocenters. The zero-order valence-electron chi connectivity index (χ0n) is 11.0. The Bertz CT molecular complexity index is 632. The maximum atomic E-state index is 11.7. The van der Waals surface area contributed by atoms with Crippen LogP contribution in [0.4, 0.5) is 5.69 Å². The summed E-state index contributed by atoms with van der Waals surface area (Å²) in [5, 5.41) is 13.1. The molecular formula is C15H13NO4S. The Morgan fingerprint density at radius 3 is 2.62 bits per heavy atom. The van der Waals surface area contributed by atoms with Crippen molar-refractivity contribution >= 4 is 35.0 Å². The minimum Gasteiger partial charge on any atom is -0.482 e. The molecule has 6 heteroatoms. The van der Waals surface area contributed by atoms with E-state index >= 15 is 0 Å². The molecule has 0 saturated carbocycles. The molecular weight excluding hydrogens is 290 g/mol. The summed E-state index contributed by atoms with van der Waals surface area (Å²) < 4.78 is 5.00. The highest BCUT2D eigenvalue weighted by atomic mass is 32.1. The zero-order valence-corrected chi connectivity index (χ0v) is 11.8. The summed E-state index contributed by atoms with van der Waals surface area (Å²) in [7, 11) is 0. The summed E-state index contributed by atoms with van der Waals surface area (Å²) in [6, 6.07) is 10.3. The van der Waals surface area contributed by atoms with Gasteiger partial charge in [0.25, 0.3) is 0 Å². The van der Waals surface area contributed by atoms with Gasteiger partial charge in [0.15, 0.2) is 6.61 Å². The standard InChI is InChI=1S/C15H13NO4S/c17-14(8-7-13-2-1-9-21-13)16-11-3-5-12(6-4-11)20-10-15(18)19/h1-9H,10H2,(H,16,17)(H,18,19). The highest BCUT2D eigenvalue weighted by Gasteiger charge is 2.01. The summed E-state index contributed by atoms with van der Waals surface area (Å²) in [4.78, 5) is 23.1. The van der Waals surface area contributed by atoms with Gasteiger partial charge in [0, 0.05) is 16.6 Å². The third-order valence-electron chi connectivity index (χ3n) is 2.43. The number of hydrogen-bond donors (Lipinski definition) is 2. The van der Waals surface area contributed by atoms with Crippen molar-refractivity contribution in [1.82, 2.24) is 0 Å². The van der Waals surface area contributed by atoms with E-state index in [0.717, 1.165) is 4.88 Å². The molecule has 1 heterocycles. The van der Waals surface area contributed by atoms with Crippen molar-refractivity contribution in [3.05, 3.63) is 52.7 Å². The Balaban J connectivity index is 1.87. The number of hydrogen-bond acceptors (Lipinski definition) is 4. The molecule has 0 aliphatic heterocycles. The third kappa shape index (κ3) is 5.12. The average molecular weight is 303 g/mol. The fourth-order valence-electron chi connectivity index (χ4n) is 1.51. The lowest BCUT2D eigenvalue weighted by molar-refractivity contribution is -0.139. The number of carbonyl (C=O) groups excluding carboxylic acids is 1. The van der Waals surface area contributed by atoms with Gasteiger partial charge < -0.3 is 15.2 Å². The summed E-state index contributed by atoms with van der Waals surface area (Å²) >= 11 is 1.55. The Labute approximate surface area is 125 Å². The number of anilines is 1. The smallest absolute Gasteiger partial charge is 0.341 e. The van der Waals surface area contributed by atoms with E-state index in [1.54, 1.807) is 41.7 Å². The minimum atomic E-state index is -1.04. The van der Waals surface area contributed by atoms with Gasteiger partial charge in [0.2, 0.25) is 5.91 Å². The van der Waals surface area contributed by atoms with Crippen LogP contribution in [0.25, 0.3) is 6.08 Å². The van der Waals surface area contributed by atoms with Crippen LogP contribution in [0.5, 0.6) is 5.75 Å². The second-order valence-electron chi connectivity index (χ2n) is 4.04. The molecule has 0 fully saturated rings. The average Bonchev–Trinajstić information content (AvgIpc) is 2.98. The van der Waals surface area contributed by atoms with Crippen molar-refractivity contribution < 1.29 is 19.4 Å². The van der Waals surface area contributed by atoms with Crippen LogP contribution in [0, 0.1) is 0 Å². The van der Waals surface area contributed by atoms with Gasteiger partial charge in [-0.3, -0.25) is 4.79 Å². The molecule has 1 amide bonds. The first-order chi connectivity index (χ1) is 10.1. The van der Waals surface area contributed by atoms with E-state index in [1.807, 2.05) is 17.5 Å². The molecule has 0 unspecified atom stereocenters. The van der Waals surface area contributed by atoms with E-state index in [1.165, 1.54) is 6.08 Å². The van der Waals surface area contributed by atoms with Crippen LogP contribution < -0.4 is 10.1 Å². The number of carboxylic acid groups (broad SMARTS) is 1. The third-order valence-corrected chi connectivity index (χ3v) is 3.26. The van der Waals surface area contributed by atoms with Gasteiger partial charge in [0.05, 0.1) is 0 Å². The predicted molar refractivity (Wildman–Crippen MR) is 81.6 cm³/mol. The lowest BCUT2D eigenvalue weighted by Crippen LogP contribution is -2.10. The number of amides is 1. The van der Waals surface area contributed by atoms with Crippen LogP contribution in [0.2, 0.25) is 0 Å². The molecule has 0 aliphatic carbocycles. The Morgan fingerprint density at radius 1 is 1.24 bits per heavy atom. The number of carbonyl (C=O) groups is 2. The van der Waals surface area contributed by atoms with Crippen LogP contribution in [0.1, 0.15) is 4.88 Å². The van der Waals surface area contributed by atoms with Gasteiger partial charge in [0.1, 0.15) is 5.75 Å². The van der Waals surface area contributed by atoms with Gasteiger partial charge >= 0.3 is 5.97 Å². The van der Waals surface area contributed by atoms with E-state index in [9.17, 15) is 9.59 Å². The molecule has 0 spiro atoms. The SMILES string of the molecule is O=C(O)COc1ccc(NC(=O)C=Cc2cccs2)cc1. The van der Waals surface area contributed by atoms with Gasteiger partial charge in [-0.1, -0.05) is 6.07 Å². The van der Waals surface area contributed by atoms with Gasteiger partial charge in [-0.05, 0) is 41.8 Å². The largest absolute Gasteiger partial charge is 0.482 e. The number of thiophene rings is 1. The molecule has 2 aromatic rings. The van der Waals surface area contributed by atoms with E-state index in [4.69, 9.17) is 9.84 Å². The summed E-state index contributed by atoms with van der Waals surface area (Å²) in [6.07, 6.45) is 3.20. The number of aliphatic carboxylic acids is 1. The molecule has 5 nitrogen and oxygen atoms in total. The van der Waals surface area contributed by atoms with Crippen molar-refractivity contribution in [1.29, 1.82) is 0 Å². The normalized spacial score (nSPS) is 10.5. The number of carboxylic acids is 1. The zero-order chi connectivity index (χ0) is 15.1.